The Labute approximate surface area is 218 Å². The molecule has 3 aliphatic heterocycles. The highest BCUT2D eigenvalue weighted by molar-refractivity contribution is 7.12. The number of fused-ring (bicyclic) bond motifs is 5. The summed E-state index contributed by atoms with van der Waals surface area (Å²) in [5.41, 5.74) is 1.79. The zero-order valence-corrected chi connectivity index (χ0v) is 24.2. The highest BCUT2D eigenvalue weighted by atomic mass is 32.1. The first-order valence-corrected chi connectivity index (χ1v) is 14.6. The molecule has 0 aliphatic carbocycles. The van der Waals surface area contributed by atoms with Crippen LogP contribution in [0.5, 0.6) is 0 Å². The van der Waals surface area contributed by atoms with E-state index in [9.17, 15) is 4.79 Å². The molecule has 192 valence electrons. The maximum Gasteiger partial charge on any atom is 0.349 e. The SMILES string of the molecule is CC[N+]1(C(C)C)C2CC(OC(=O)C(OC)(c3sccc3C)c3scc(C)c3C)CC1C1(C)OC21C. The molecule has 3 saturated heterocycles. The minimum atomic E-state index is -1.24. The number of thiophene rings is 2. The molecule has 2 bridgehead atoms. The van der Waals surface area contributed by atoms with E-state index in [1.165, 1.54) is 5.56 Å². The highest BCUT2D eigenvalue weighted by Crippen LogP contribution is 2.68. The van der Waals surface area contributed by atoms with Gasteiger partial charge in [0.15, 0.2) is 11.2 Å². The number of likely N-dealkylation sites (N-methyl/N-ethyl adjacent to an activating group) is 1. The number of ether oxygens (including phenoxy) is 3. The number of piperidine rings is 1. The Kier molecular flexibility index (Phi) is 5.90. The van der Waals surface area contributed by atoms with E-state index in [2.05, 4.69) is 59.9 Å². The summed E-state index contributed by atoms with van der Waals surface area (Å²) in [5.74, 6) is -0.286. The van der Waals surface area contributed by atoms with Gasteiger partial charge >= 0.3 is 5.97 Å². The molecule has 0 N–H and O–H groups in total. The average Bonchev–Trinajstić information content (AvgIpc) is 3.05. The number of quaternary nitrogens is 1. The highest BCUT2D eigenvalue weighted by Gasteiger charge is 2.87. The van der Waals surface area contributed by atoms with Crippen LogP contribution in [0.15, 0.2) is 16.8 Å². The van der Waals surface area contributed by atoms with Crippen molar-refractivity contribution in [2.75, 3.05) is 13.7 Å². The zero-order chi connectivity index (χ0) is 25.6. The van der Waals surface area contributed by atoms with Crippen LogP contribution in [-0.2, 0) is 24.6 Å². The number of carbonyl (C=O) groups excluding carboxylic acids is 1. The number of epoxide rings is 1. The molecule has 5 rings (SSSR count). The molecular formula is C28H40NO4S2+. The lowest BCUT2D eigenvalue weighted by Crippen LogP contribution is -2.69. The lowest BCUT2D eigenvalue weighted by atomic mass is 9.89. The largest absolute Gasteiger partial charge is 0.459 e. The minimum Gasteiger partial charge on any atom is -0.459 e. The summed E-state index contributed by atoms with van der Waals surface area (Å²) in [7, 11) is 1.64. The lowest BCUT2D eigenvalue weighted by Gasteiger charge is -2.54. The minimum absolute atomic E-state index is 0.143. The van der Waals surface area contributed by atoms with Crippen LogP contribution in [0, 0.1) is 20.8 Å². The van der Waals surface area contributed by atoms with Gasteiger partial charge in [0, 0.05) is 20.0 Å². The first kappa shape index (κ1) is 25.4. The molecule has 7 heteroatoms. The maximum atomic E-state index is 14.3. The topological polar surface area (TPSA) is 48.1 Å². The number of hydrogen-bond acceptors (Lipinski definition) is 6. The third-order valence-corrected chi connectivity index (χ3v) is 12.4. The zero-order valence-electron chi connectivity index (χ0n) is 22.6. The summed E-state index contributed by atoms with van der Waals surface area (Å²) in [6.07, 6.45) is 1.51. The van der Waals surface area contributed by atoms with Crippen LogP contribution in [0.25, 0.3) is 0 Å². The van der Waals surface area contributed by atoms with Crippen molar-refractivity contribution in [2.24, 2.45) is 0 Å². The first-order valence-electron chi connectivity index (χ1n) is 12.9. The Bertz CT molecular complexity index is 1130. The molecule has 5 nitrogen and oxygen atoms in total. The molecule has 0 spiro atoms. The molecule has 0 aromatic carbocycles. The predicted molar refractivity (Wildman–Crippen MR) is 141 cm³/mol. The van der Waals surface area contributed by atoms with Gasteiger partial charge in [0.25, 0.3) is 0 Å². The molecule has 3 aliphatic rings. The number of methoxy groups -OCH3 is 1. The van der Waals surface area contributed by atoms with Crippen molar-refractivity contribution in [3.63, 3.8) is 0 Å². The average molecular weight is 519 g/mol. The number of aryl methyl sites for hydroxylation is 2. The van der Waals surface area contributed by atoms with E-state index in [-0.39, 0.29) is 23.3 Å². The van der Waals surface area contributed by atoms with E-state index in [1.54, 1.807) is 29.8 Å². The van der Waals surface area contributed by atoms with Gasteiger partial charge in [-0.1, -0.05) is 0 Å². The summed E-state index contributed by atoms with van der Waals surface area (Å²) < 4.78 is 20.2. The lowest BCUT2D eigenvalue weighted by molar-refractivity contribution is -0.992. The Hall–Kier alpha value is -1.25. The molecule has 5 heterocycles. The van der Waals surface area contributed by atoms with Crippen LogP contribution in [0.4, 0.5) is 0 Å². The van der Waals surface area contributed by atoms with Gasteiger partial charge in [0.2, 0.25) is 5.60 Å². The van der Waals surface area contributed by atoms with Gasteiger partial charge in [-0.05, 0) is 88.9 Å². The molecule has 5 atom stereocenters. The Morgan fingerprint density at radius 1 is 1.14 bits per heavy atom. The molecule has 3 fully saturated rings. The number of morpholine rings is 1. The van der Waals surface area contributed by atoms with Crippen molar-refractivity contribution in [2.45, 2.75) is 109 Å². The summed E-state index contributed by atoms with van der Waals surface area (Å²) in [6, 6.07) is 3.19. The van der Waals surface area contributed by atoms with E-state index in [1.807, 2.05) is 12.3 Å². The van der Waals surface area contributed by atoms with Crippen molar-refractivity contribution in [1.82, 2.24) is 0 Å². The molecule has 5 unspecified atom stereocenters. The molecule has 35 heavy (non-hydrogen) atoms. The summed E-state index contributed by atoms with van der Waals surface area (Å²) >= 11 is 3.16. The van der Waals surface area contributed by atoms with Gasteiger partial charge in [-0.3, -0.25) is 0 Å². The van der Waals surface area contributed by atoms with E-state index >= 15 is 0 Å². The Balaban J connectivity index is 1.51. The van der Waals surface area contributed by atoms with E-state index < -0.39 is 5.60 Å². The maximum absolute atomic E-state index is 14.3. The van der Waals surface area contributed by atoms with Gasteiger partial charge in [0.05, 0.1) is 22.3 Å². The van der Waals surface area contributed by atoms with Crippen molar-refractivity contribution in [3.8, 4) is 0 Å². The summed E-state index contributed by atoms with van der Waals surface area (Å²) in [4.78, 5) is 16.1. The monoisotopic (exact) mass is 518 g/mol. The third kappa shape index (κ3) is 3.05. The Morgan fingerprint density at radius 2 is 1.77 bits per heavy atom. The second-order valence-corrected chi connectivity index (χ2v) is 13.2. The number of carbonyl (C=O) groups is 1. The molecule has 0 amide bonds. The molecule has 0 radical (unpaired) electrons. The van der Waals surface area contributed by atoms with Gasteiger partial charge < -0.3 is 18.7 Å². The van der Waals surface area contributed by atoms with Crippen LogP contribution in [0.1, 0.15) is 73.9 Å². The summed E-state index contributed by atoms with van der Waals surface area (Å²) in [6.45, 7) is 18.8. The number of rotatable bonds is 7. The fourth-order valence-corrected chi connectivity index (χ4v) is 10.2. The van der Waals surface area contributed by atoms with Gasteiger partial charge in [-0.15, -0.1) is 22.7 Å². The van der Waals surface area contributed by atoms with Crippen LogP contribution < -0.4 is 0 Å². The fraction of sp³-hybridized carbons (Fsp3) is 0.679. The van der Waals surface area contributed by atoms with Crippen molar-refractivity contribution < 1.29 is 23.5 Å². The van der Waals surface area contributed by atoms with E-state index in [0.717, 1.165) is 44.8 Å². The normalized spacial score (nSPS) is 37.3. The van der Waals surface area contributed by atoms with E-state index in [4.69, 9.17) is 14.2 Å². The Morgan fingerprint density at radius 3 is 2.20 bits per heavy atom. The fourth-order valence-electron chi connectivity index (χ4n) is 7.78. The van der Waals surface area contributed by atoms with Crippen LogP contribution in [-0.4, -0.2) is 59.5 Å². The second kappa shape index (κ2) is 8.12. The smallest absolute Gasteiger partial charge is 0.349 e. The first-order chi connectivity index (χ1) is 16.4. The standard InChI is InChI=1S/C28H40NO4S2/c1-10-29(16(2)3)21-13-20(14-22(29)27(8)26(21,7)33-27)32-25(30)28(31-9,23-17(4)11-12-34-23)24-19(6)18(5)15-35-24/h11-12,15-16,20-22H,10,13-14H2,1-9H3/q+1. The van der Waals surface area contributed by atoms with Crippen molar-refractivity contribution in [1.29, 1.82) is 0 Å². The third-order valence-electron chi connectivity index (χ3n) is 9.94. The van der Waals surface area contributed by atoms with Gasteiger partial charge in [-0.2, -0.15) is 0 Å². The number of nitrogens with zero attached hydrogens (tertiary/aromatic N) is 1. The molecule has 2 aromatic heterocycles. The quantitative estimate of drug-likeness (QED) is 0.261. The van der Waals surface area contributed by atoms with Gasteiger partial charge in [-0.25, -0.2) is 4.79 Å². The van der Waals surface area contributed by atoms with Crippen LogP contribution in [0.3, 0.4) is 0 Å². The van der Waals surface area contributed by atoms with Crippen LogP contribution >= 0.6 is 22.7 Å². The van der Waals surface area contributed by atoms with Gasteiger partial charge in [0.1, 0.15) is 18.2 Å². The molecule has 0 saturated carbocycles. The number of hydrogen-bond donors (Lipinski definition) is 0. The van der Waals surface area contributed by atoms with Crippen molar-refractivity contribution in [3.05, 3.63) is 43.3 Å². The number of esters is 1. The molecular weight excluding hydrogens is 478 g/mol. The summed E-state index contributed by atoms with van der Waals surface area (Å²) in [5, 5.41) is 4.14. The van der Waals surface area contributed by atoms with Crippen molar-refractivity contribution >= 4 is 28.6 Å². The molecule has 2 aromatic rings. The second-order valence-electron chi connectivity index (χ2n) is 11.4. The predicted octanol–water partition coefficient (Wildman–Crippen LogP) is 5.87. The van der Waals surface area contributed by atoms with Crippen LogP contribution in [0.2, 0.25) is 0 Å². The van der Waals surface area contributed by atoms with E-state index in [0.29, 0.717) is 18.1 Å².